The summed E-state index contributed by atoms with van der Waals surface area (Å²) in [5.41, 5.74) is 2.62. The molecule has 0 bridgehead atoms. The molecule has 0 aromatic carbocycles. The average Bonchev–Trinajstić information content (AvgIpc) is 3.20. The fourth-order valence-electron chi connectivity index (χ4n) is 3.55. The molecular formula is C21H22N6O4. The third kappa shape index (κ3) is 4.22. The van der Waals surface area contributed by atoms with Crippen LogP contribution in [0.3, 0.4) is 0 Å². The predicted molar refractivity (Wildman–Crippen MR) is 112 cm³/mol. The molecule has 0 unspecified atom stereocenters. The fourth-order valence-corrected chi connectivity index (χ4v) is 3.55. The molecule has 4 heterocycles. The second-order valence-electron chi connectivity index (χ2n) is 7.37. The van der Waals surface area contributed by atoms with E-state index in [4.69, 9.17) is 9.84 Å². The van der Waals surface area contributed by atoms with Gasteiger partial charge in [-0.05, 0) is 25.1 Å². The van der Waals surface area contributed by atoms with E-state index in [-0.39, 0.29) is 6.61 Å². The first kappa shape index (κ1) is 20.4. The molecule has 0 aliphatic carbocycles. The molecule has 1 aliphatic rings. The topological polar surface area (TPSA) is 127 Å². The number of pyridine rings is 2. The Morgan fingerprint density at radius 3 is 2.68 bits per heavy atom. The van der Waals surface area contributed by atoms with Crippen LogP contribution in [0.15, 0.2) is 36.8 Å². The Kier molecular flexibility index (Phi) is 5.60. The van der Waals surface area contributed by atoms with Crippen LogP contribution in [0.25, 0.3) is 16.6 Å². The lowest BCUT2D eigenvalue weighted by Crippen LogP contribution is -2.48. The Labute approximate surface area is 178 Å². The summed E-state index contributed by atoms with van der Waals surface area (Å²) in [5.74, 6) is 1.28. The highest BCUT2D eigenvalue weighted by atomic mass is 16.5. The normalized spacial score (nSPS) is 15.0. The standard InChI is InChI=1S/C21H22N6O4/c1-14(28)13-31-17-8-18(20-16(9-22)11-24-27(20)12-17)15-2-3-19(23-10-15)25-4-6-26(7-5-25)21(29)30/h2-3,8,10-12,14,28H,4-7,13H2,1H3,(H,29,30)/t14-/m0/s1. The lowest BCUT2D eigenvalue weighted by atomic mass is 10.1. The molecule has 1 amide bonds. The highest BCUT2D eigenvalue weighted by Crippen LogP contribution is 2.31. The molecule has 1 fully saturated rings. The first-order valence-corrected chi connectivity index (χ1v) is 9.88. The van der Waals surface area contributed by atoms with Gasteiger partial charge in [0.2, 0.25) is 0 Å². The van der Waals surface area contributed by atoms with Crippen molar-refractivity contribution in [3.8, 4) is 22.9 Å². The molecule has 1 saturated heterocycles. The minimum atomic E-state index is -0.904. The summed E-state index contributed by atoms with van der Waals surface area (Å²) in [6.07, 6.45) is 3.38. The Balaban J connectivity index is 1.64. The lowest BCUT2D eigenvalue weighted by molar-refractivity contribution is 0.122. The smallest absolute Gasteiger partial charge is 0.407 e. The number of aliphatic hydroxyl groups excluding tert-OH is 1. The number of amides is 1. The van der Waals surface area contributed by atoms with Gasteiger partial charge >= 0.3 is 6.09 Å². The van der Waals surface area contributed by atoms with Gasteiger partial charge in [0.15, 0.2) is 0 Å². The third-order valence-electron chi connectivity index (χ3n) is 5.13. The zero-order chi connectivity index (χ0) is 22.0. The number of aliphatic hydroxyl groups is 1. The van der Waals surface area contributed by atoms with Crippen LogP contribution in [0, 0.1) is 11.3 Å². The number of ether oxygens (including phenoxy) is 1. The van der Waals surface area contributed by atoms with Crippen LogP contribution in [0.1, 0.15) is 12.5 Å². The van der Waals surface area contributed by atoms with E-state index in [1.807, 2.05) is 23.1 Å². The maximum Gasteiger partial charge on any atom is 0.407 e. The van der Waals surface area contributed by atoms with Crippen molar-refractivity contribution < 1.29 is 19.7 Å². The van der Waals surface area contributed by atoms with Crippen molar-refractivity contribution in [2.75, 3.05) is 37.7 Å². The number of carbonyl (C=O) groups is 1. The van der Waals surface area contributed by atoms with Crippen molar-refractivity contribution in [2.45, 2.75) is 13.0 Å². The van der Waals surface area contributed by atoms with Gasteiger partial charge in [0.05, 0.1) is 29.6 Å². The van der Waals surface area contributed by atoms with Crippen molar-refractivity contribution in [1.29, 1.82) is 5.26 Å². The van der Waals surface area contributed by atoms with Gasteiger partial charge in [0.1, 0.15) is 24.2 Å². The summed E-state index contributed by atoms with van der Waals surface area (Å²) >= 11 is 0. The first-order valence-electron chi connectivity index (χ1n) is 9.88. The number of hydrogen-bond acceptors (Lipinski definition) is 7. The first-order chi connectivity index (χ1) is 15.0. The van der Waals surface area contributed by atoms with Gasteiger partial charge in [-0.1, -0.05) is 0 Å². The Morgan fingerprint density at radius 2 is 2.06 bits per heavy atom. The van der Waals surface area contributed by atoms with Gasteiger partial charge in [0, 0.05) is 43.5 Å². The van der Waals surface area contributed by atoms with Crippen LogP contribution in [0.4, 0.5) is 10.6 Å². The zero-order valence-corrected chi connectivity index (χ0v) is 17.0. The summed E-state index contributed by atoms with van der Waals surface area (Å²) in [6.45, 7) is 3.79. The second kappa shape index (κ2) is 8.49. The number of hydrogen-bond donors (Lipinski definition) is 2. The summed E-state index contributed by atoms with van der Waals surface area (Å²) in [6, 6.07) is 7.76. The summed E-state index contributed by atoms with van der Waals surface area (Å²) in [4.78, 5) is 19.1. The van der Waals surface area contributed by atoms with Crippen molar-refractivity contribution >= 4 is 17.4 Å². The number of nitriles is 1. The number of nitrogens with zero attached hydrogens (tertiary/aromatic N) is 6. The molecule has 10 heteroatoms. The average molecular weight is 422 g/mol. The number of anilines is 1. The molecule has 2 N–H and O–H groups in total. The molecule has 0 radical (unpaired) electrons. The number of carboxylic acid groups (broad SMARTS) is 1. The molecular weight excluding hydrogens is 400 g/mol. The van der Waals surface area contributed by atoms with Gasteiger partial charge < -0.3 is 24.7 Å². The summed E-state index contributed by atoms with van der Waals surface area (Å²) < 4.78 is 7.24. The second-order valence-corrected chi connectivity index (χ2v) is 7.37. The van der Waals surface area contributed by atoms with Crippen LogP contribution in [-0.2, 0) is 0 Å². The minimum absolute atomic E-state index is 0.136. The minimum Gasteiger partial charge on any atom is -0.489 e. The third-order valence-corrected chi connectivity index (χ3v) is 5.13. The predicted octanol–water partition coefficient (Wildman–Crippen LogP) is 1.83. The molecule has 0 saturated carbocycles. The van der Waals surface area contributed by atoms with E-state index in [9.17, 15) is 15.2 Å². The maximum atomic E-state index is 11.1. The molecule has 3 aromatic heterocycles. The molecule has 31 heavy (non-hydrogen) atoms. The molecule has 160 valence electrons. The Bertz CT molecular complexity index is 1130. The van der Waals surface area contributed by atoms with Crippen LogP contribution < -0.4 is 9.64 Å². The van der Waals surface area contributed by atoms with Crippen molar-refractivity contribution in [1.82, 2.24) is 19.5 Å². The van der Waals surface area contributed by atoms with Crippen LogP contribution in [-0.4, -0.2) is 74.7 Å². The molecule has 0 spiro atoms. The van der Waals surface area contributed by atoms with Crippen molar-refractivity contribution in [3.63, 3.8) is 0 Å². The van der Waals surface area contributed by atoms with Crippen LogP contribution in [0.5, 0.6) is 5.75 Å². The number of piperazine rings is 1. The van der Waals surface area contributed by atoms with Gasteiger partial charge in [-0.2, -0.15) is 10.4 Å². The van der Waals surface area contributed by atoms with Crippen LogP contribution >= 0.6 is 0 Å². The van der Waals surface area contributed by atoms with E-state index in [0.29, 0.717) is 43.0 Å². The summed E-state index contributed by atoms with van der Waals surface area (Å²) in [5, 5.41) is 32.3. The lowest BCUT2D eigenvalue weighted by Gasteiger charge is -2.33. The van der Waals surface area contributed by atoms with Crippen molar-refractivity contribution in [3.05, 3.63) is 42.4 Å². The van der Waals surface area contributed by atoms with Crippen molar-refractivity contribution in [2.24, 2.45) is 0 Å². The largest absolute Gasteiger partial charge is 0.489 e. The Hall–Kier alpha value is -3.84. The van der Waals surface area contributed by atoms with E-state index in [1.54, 1.807) is 23.8 Å². The van der Waals surface area contributed by atoms with Crippen LogP contribution in [0.2, 0.25) is 0 Å². The van der Waals surface area contributed by atoms with E-state index in [1.165, 1.54) is 11.1 Å². The zero-order valence-electron chi connectivity index (χ0n) is 17.0. The monoisotopic (exact) mass is 422 g/mol. The Morgan fingerprint density at radius 1 is 1.29 bits per heavy atom. The van der Waals surface area contributed by atoms with Gasteiger partial charge in [0.25, 0.3) is 0 Å². The highest BCUT2D eigenvalue weighted by molar-refractivity contribution is 5.85. The number of fused-ring (bicyclic) bond motifs is 1. The summed E-state index contributed by atoms with van der Waals surface area (Å²) in [7, 11) is 0. The number of aromatic nitrogens is 3. The fraction of sp³-hybridized carbons (Fsp3) is 0.333. The molecule has 4 rings (SSSR count). The quantitative estimate of drug-likeness (QED) is 0.637. The van der Waals surface area contributed by atoms with E-state index < -0.39 is 12.2 Å². The molecule has 1 aliphatic heterocycles. The highest BCUT2D eigenvalue weighted by Gasteiger charge is 2.21. The SMILES string of the molecule is C[C@H](O)COc1cc(-c2ccc(N3CCN(C(=O)O)CC3)nc2)c2c(C#N)cnn2c1. The van der Waals surface area contributed by atoms with E-state index >= 15 is 0 Å². The number of rotatable bonds is 5. The maximum absolute atomic E-state index is 11.1. The molecule has 3 aromatic rings. The van der Waals surface area contributed by atoms with E-state index in [2.05, 4.69) is 16.2 Å². The van der Waals surface area contributed by atoms with E-state index in [0.717, 1.165) is 16.9 Å². The van der Waals surface area contributed by atoms with Gasteiger partial charge in [-0.15, -0.1) is 0 Å². The molecule has 1 atom stereocenters. The molecule has 10 nitrogen and oxygen atoms in total. The van der Waals surface area contributed by atoms with Gasteiger partial charge in [-0.25, -0.2) is 14.3 Å². The van der Waals surface area contributed by atoms with Gasteiger partial charge in [-0.3, -0.25) is 0 Å².